The van der Waals surface area contributed by atoms with Gasteiger partial charge in [0.15, 0.2) is 0 Å². The Hall–Kier alpha value is -0.120. The summed E-state index contributed by atoms with van der Waals surface area (Å²) >= 11 is 0. The molecule has 0 saturated heterocycles. The predicted octanol–water partition coefficient (Wildman–Crippen LogP) is 2.07. The van der Waals surface area contributed by atoms with Crippen LogP contribution in [0, 0.1) is 17.8 Å². The number of hydrogen-bond acceptors (Lipinski definition) is 3. The molecule has 2 atom stereocenters. The van der Waals surface area contributed by atoms with E-state index in [2.05, 4.69) is 12.3 Å². The first-order valence-electron chi connectivity index (χ1n) is 6.75. The number of hydrazine groups is 1. The molecule has 2 saturated carbocycles. The first-order valence-corrected chi connectivity index (χ1v) is 6.75. The van der Waals surface area contributed by atoms with Gasteiger partial charge >= 0.3 is 0 Å². The zero-order valence-electron chi connectivity index (χ0n) is 10.6. The second kappa shape index (κ2) is 5.48. The van der Waals surface area contributed by atoms with Crippen molar-refractivity contribution in [1.82, 2.24) is 5.43 Å². The van der Waals surface area contributed by atoms with Gasteiger partial charge in [0.2, 0.25) is 0 Å². The number of ether oxygens (including phenoxy) is 1. The van der Waals surface area contributed by atoms with Crippen LogP contribution in [0.5, 0.6) is 0 Å². The molecule has 3 nitrogen and oxygen atoms in total. The van der Waals surface area contributed by atoms with Crippen molar-refractivity contribution in [3.8, 4) is 0 Å². The molecule has 0 bridgehead atoms. The summed E-state index contributed by atoms with van der Waals surface area (Å²) in [6.07, 6.45) is 8.29. The Morgan fingerprint density at radius 3 is 2.06 bits per heavy atom. The van der Waals surface area contributed by atoms with Crippen LogP contribution in [0.4, 0.5) is 0 Å². The van der Waals surface area contributed by atoms with E-state index in [1.54, 1.807) is 0 Å². The minimum Gasteiger partial charge on any atom is -0.379 e. The van der Waals surface area contributed by atoms with Crippen LogP contribution < -0.4 is 11.3 Å². The van der Waals surface area contributed by atoms with Gasteiger partial charge in [0, 0.05) is 7.11 Å². The molecule has 0 aliphatic heterocycles. The smallest absolute Gasteiger partial charge is 0.0768 e. The number of rotatable bonds is 5. The van der Waals surface area contributed by atoms with Crippen molar-refractivity contribution >= 4 is 0 Å². The molecule has 0 heterocycles. The van der Waals surface area contributed by atoms with Gasteiger partial charge in [-0.25, -0.2) is 0 Å². The number of nitrogens with one attached hydrogen (secondary N) is 1. The topological polar surface area (TPSA) is 47.3 Å². The van der Waals surface area contributed by atoms with Crippen molar-refractivity contribution in [1.29, 1.82) is 0 Å². The molecular formula is C13H26N2O. The highest BCUT2D eigenvalue weighted by Gasteiger charge is 2.40. The zero-order chi connectivity index (χ0) is 11.5. The largest absolute Gasteiger partial charge is 0.379 e. The molecule has 0 aromatic heterocycles. The highest BCUT2D eigenvalue weighted by Crippen LogP contribution is 2.40. The molecule has 3 N–H and O–H groups in total. The van der Waals surface area contributed by atoms with Crippen molar-refractivity contribution in [3.63, 3.8) is 0 Å². The Morgan fingerprint density at radius 2 is 1.62 bits per heavy atom. The molecule has 2 fully saturated rings. The van der Waals surface area contributed by atoms with Crippen molar-refractivity contribution in [2.75, 3.05) is 7.11 Å². The molecular weight excluding hydrogens is 200 g/mol. The van der Waals surface area contributed by atoms with Crippen LogP contribution in [0.1, 0.15) is 45.4 Å². The second-order valence-corrected chi connectivity index (χ2v) is 5.75. The number of nitrogens with two attached hydrogens (primary N) is 1. The van der Waals surface area contributed by atoms with Crippen LogP contribution >= 0.6 is 0 Å². The summed E-state index contributed by atoms with van der Waals surface area (Å²) in [6.45, 7) is 2.36. The maximum Gasteiger partial charge on any atom is 0.0768 e. The first kappa shape index (κ1) is 12.3. The fourth-order valence-electron chi connectivity index (χ4n) is 3.20. The Bertz CT molecular complexity index is 210. The van der Waals surface area contributed by atoms with Gasteiger partial charge in [0.05, 0.1) is 12.1 Å². The van der Waals surface area contributed by atoms with Gasteiger partial charge < -0.3 is 4.74 Å². The molecule has 2 unspecified atom stereocenters. The molecule has 2 aliphatic carbocycles. The lowest BCUT2D eigenvalue weighted by Crippen LogP contribution is -2.51. The van der Waals surface area contributed by atoms with Crippen LogP contribution in [0.3, 0.4) is 0 Å². The van der Waals surface area contributed by atoms with Crippen LogP contribution in [0.15, 0.2) is 0 Å². The molecule has 2 rings (SSSR count). The van der Waals surface area contributed by atoms with E-state index in [0.29, 0.717) is 18.1 Å². The van der Waals surface area contributed by atoms with Gasteiger partial charge in [-0.15, -0.1) is 0 Å². The van der Waals surface area contributed by atoms with Crippen LogP contribution in [-0.4, -0.2) is 19.3 Å². The zero-order valence-corrected chi connectivity index (χ0v) is 10.6. The Labute approximate surface area is 99.1 Å². The minimum absolute atomic E-state index is 0.336. The summed E-state index contributed by atoms with van der Waals surface area (Å²) in [7, 11) is 1.83. The molecule has 0 aromatic rings. The number of hydrogen-bond donors (Lipinski definition) is 2. The van der Waals surface area contributed by atoms with Crippen molar-refractivity contribution < 1.29 is 4.74 Å². The van der Waals surface area contributed by atoms with Crippen molar-refractivity contribution in [2.45, 2.75) is 57.6 Å². The summed E-state index contributed by atoms with van der Waals surface area (Å²) in [6, 6.07) is 0.366. The second-order valence-electron chi connectivity index (χ2n) is 5.75. The molecule has 94 valence electrons. The third-order valence-corrected chi connectivity index (χ3v) is 4.47. The molecule has 0 radical (unpaired) electrons. The summed E-state index contributed by atoms with van der Waals surface area (Å²) in [5, 5.41) is 0. The first-order chi connectivity index (χ1) is 7.76. The van der Waals surface area contributed by atoms with Gasteiger partial charge in [0.25, 0.3) is 0 Å². The Kier molecular flexibility index (Phi) is 4.22. The monoisotopic (exact) mass is 226 g/mol. The lowest BCUT2D eigenvalue weighted by molar-refractivity contribution is 0.0214. The summed E-state index contributed by atoms with van der Waals surface area (Å²) in [4.78, 5) is 0. The maximum atomic E-state index is 5.75. The quantitative estimate of drug-likeness (QED) is 0.557. The van der Waals surface area contributed by atoms with Crippen molar-refractivity contribution in [3.05, 3.63) is 0 Å². The normalized spacial score (nSPS) is 34.7. The average molecular weight is 226 g/mol. The van der Waals surface area contributed by atoms with Crippen molar-refractivity contribution in [2.24, 2.45) is 23.6 Å². The summed E-state index contributed by atoms with van der Waals surface area (Å²) < 4.78 is 5.66. The molecule has 16 heavy (non-hydrogen) atoms. The summed E-state index contributed by atoms with van der Waals surface area (Å²) in [5.74, 6) is 8.12. The van der Waals surface area contributed by atoms with Gasteiger partial charge in [0.1, 0.15) is 0 Å². The van der Waals surface area contributed by atoms with E-state index < -0.39 is 0 Å². The highest BCUT2D eigenvalue weighted by atomic mass is 16.5. The van der Waals surface area contributed by atoms with Crippen LogP contribution in [0.2, 0.25) is 0 Å². The van der Waals surface area contributed by atoms with E-state index in [-0.39, 0.29) is 0 Å². The Balaban J connectivity index is 1.92. The SMILES string of the molecule is COC(C1CC1)C(NN)C1CCC(C)CC1. The van der Waals surface area contributed by atoms with Gasteiger partial charge in [-0.3, -0.25) is 11.3 Å². The lowest BCUT2D eigenvalue weighted by Gasteiger charge is -2.36. The van der Waals surface area contributed by atoms with Crippen LogP contribution in [-0.2, 0) is 4.74 Å². The third-order valence-electron chi connectivity index (χ3n) is 4.47. The fourth-order valence-corrected chi connectivity index (χ4v) is 3.20. The standard InChI is InChI=1S/C13H26N2O/c1-9-3-5-10(6-4-9)12(15-14)13(16-2)11-7-8-11/h9-13,15H,3-8,14H2,1-2H3. The Morgan fingerprint density at radius 1 is 1.06 bits per heavy atom. The van der Waals surface area contributed by atoms with Crippen LogP contribution in [0.25, 0.3) is 0 Å². The average Bonchev–Trinajstić information content (AvgIpc) is 3.11. The predicted molar refractivity (Wildman–Crippen MR) is 65.8 cm³/mol. The molecule has 2 aliphatic rings. The van der Waals surface area contributed by atoms with E-state index in [4.69, 9.17) is 10.6 Å². The van der Waals surface area contributed by atoms with Gasteiger partial charge in [-0.05, 0) is 43.4 Å². The maximum absolute atomic E-state index is 5.75. The van der Waals surface area contributed by atoms with E-state index in [1.807, 2.05) is 7.11 Å². The van der Waals surface area contributed by atoms with Gasteiger partial charge in [-0.1, -0.05) is 19.8 Å². The molecule has 3 heteroatoms. The molecule has 0 spiro atoms. The lowest BCUT2D eigenvalue weighted by atomic mass is 9.77. The third kappa shape index (κ3) is 2.76. The summed E-state index contributed by atoms with van der Waals surface area (Å²) in [5.41, 5.74) is 3.03. The van der Waals surface area contributed by atoms with E-state index in [9.17, 15) is 0 Å². The minimum atomic E-state index is 0.336. The van der Waals surface area contributed by atoms with Gasteiger partial charge in [-0.2, -0.15) is 0 Å². The fraction of sp³-hybridized carbons (Fsp3) is 1.00. The van der Waals surface area contributed by atoms with E-state index in [0.717, 1.165) is 11.8 Å². The van der Waals surface area contributed by atoms with E-state index in [1.165, 1.54) is 38.5 Å². The highest BCUT2D eigenvalue weighted by molar-refractivity contribution is 4.93. The number of methoxy groups -OCH3 is 1. The van der Waals surface area contributed by atoms with E-state index >= 15 is 0 Å². The molecule has 0 amide bonds. The molecule has 0 aromatic carbocycles.